The number of thiocarbonyl (C=S) groups is 1. The lowest BCUT2D eigenvalue weighted by atomic mass is 9.61. The highest BCUT2D eigenvalue weighted by atomic mass is 32.1. The van der Waals surface area contributed by atoms with Crippen molar-refractivity contribution in [2.75, 3.05) is 13.2 Å². The molecule has 1 saturated heterocycles. The number of fused-ring (bicyclic) bond motifs is 1. The molecule has 4 nitrogen and oxygen atoms in total. The lowest BCUT2D eigenvalue weighted by molar-refractivity contribution is -0.161. The molecule has 1 amide bonds. The highest BCUT2D eigenvalue weighted by Gasteiger charge is 2.54. The van der Waals surface area contributed by atoms with E-state index in [-0.39, 0.29) is 18.1 Å². The molecule has 1 aliphatic heterocycles. The summed E-state index contributed by atoms with van der Waals surface area (Å²) in [6, 6.07) is 0.243. The number of rotatable bonds is 2. The molecule has 3 aliphatic rings. The summed E-state index contributed by atoms with van der Waals surface area (Å²) in [5.41, 5.74) is 5.36. The summed E-state index contributed by atoms with van der Waals surface area (Å²) in [5.74, 6) is 0.715. The van der Waals surface area contributed by atoms with Crippen molar-refractivity contribution >= 4 is 23.1 Å². The van der Waals surface area contributed by atoms with Crippen molar-refractivity contribution in [2.24, 2.45) is 17.1 Å². The molecule has 3 fully saturated rings. The van der Waals surface area contributed by atoms with Crippen LogP contribution in [0.25, 0.3) is 0 Å². The number of morpholine rings is 1. The fourth-order valence-corrected chi connectivity index (χ4v) is 4.49. The molecule has 2 saturated carbocycles. The van der Waals surface area contributed by atoms with Gasteiger partial charge in [-0.3, -0.25) is 4.79 Å². The van der Waals surface area contributed by atoms with Crippen molar-refractivity contribution in [3.05, 3.63) is 0 Å². The Morgan fingerprint density at radius 2 is 2.05 bits per heavy atom. The first kappa shape index (κ1) is 14.3. The second-order valence-corrected chi connectivity index (χ2v) is 7.16. The summed E-state index contributed by atoms with van der Waals surface area (Å²) < 4.78 is 5.85. The first-order valence-electron chi connectivity index (χ1n) is 7.77. The van der Waals surface area contributed by atoms with Crippen LogP contribution in [-0.2, 0) is 9.53 Å². The van der Waals surface area contributed by atoms with Gasteiger partial charge in [-0.2, -0.15) is 0 Å². The summed E-state index contributed by atoms with van der Waals surface area (Å²) in [6.45, 7) is 3.50. The van der Waals surface area contributed by atoms with Crippen LogP contribution in [0.3, 0.4) is 0 Å². The Balaban J connectivity index is 1.80. The topological polar surface area (TPSA) is 55.6 Å². The molecule has 2 atom stereocenters. The van der Waals surface area contributed by atoms with Gasteiger partial charge in [0.2, 0.25) is 5.91 Å². The van der Waals surface area contributed by atoms with Gasteiger partial charge in [-0.15, -0.1) is 0 Å². The Kier molecular flexibility index (Phi) is 3.75. The number of nitrogens with two attached hydrogens (primary N) is 1. The molecule has 112 valence electrons. The fourth-order valence-electron chi connectivity index (χ4n) is 4.23. The van der Waals surface area contributed by atoms with Gasteiger partial charge in [0.05, 0.1) is 29.2 Å². The van der Waals surface area contributed by atoms with Crippen LogP contribution < -0.4 is 5.73 Å². The van der Waals surface area contributed by atoms with E-state index in [2.05, 4.69) is 6.92 Å². The summed E-state index contributed by atoms with van der Waals surface area (Å²) >= 11 is 5.23. The van der Waals surface area contributed by atoms with Crippen LogP contribution >= 0.6 is 12.2 Å². The van der Waals surface area contributed by atoms with Crippen LogP contribution in [0.15, 0.2) is 0 Å². The molecule has 20 heavy (non-hydrogen) atoms. The van der Waals surface area contributed by atoms with Gasteiger partial charge in [0, 0.05) is 6.54 Å². The molecular formula is C15H24N2O2S. The van der Waals surface area contributed by atoms with Gasteiger partial charge in [0.25, 0.3) is 0 Å². The van der Waals surface area contributed by atoms with Crippen molar-refractivity contribution < 1.29 is 9.53 Å². The van der Waals surface area contributed by atoms with Gasteiger partial charge < -0.3 is 15.4 Å². The Hall–Kier alpha value is -0.680. The second kappa shape index (κ2) is 5.26. The Morgan fingerprint density at radius 1 is 1.35 bits per heavy atom. The molecule has 2 unspecified atom stereocenters. The smallest absolute Gasteiger partial charge is 0.236 e. The predicted molar refractivity (Wildman–Crippen MR) is 81.3 cm³/mol. The largest absolute Gasteiger partial charge is 0.392 e. The van der Waals surface area contributed by atoms with Crippen LogP contribution in [0, 0.1) is 11.3 Å². The SMILES string of the molecule is CC1CC(C(=O)N2CCOC3CCCCC32)(C(N)=S)C1. The first-order chi connectivity index (χ1) is 9.54. The Morgan fingerprint density at radius 3 is 2.70 bits per heavy atom. The maximum Gasteiger partial charge on any atom is 0.236 e. The van der Waals surface area contributed by atoms with Gasteiger partial charge in [-0.05, 0) is 31.6 Å². The Bertz CT molecular complexity index is 418. The van der Waals surface area contributed by atoms with Gasteiger partial charge in [-0.25, -0.2) is 0 Å². The van der Waals surface area contributed by atoms with Gasteiger partial charge >= 0.3 is 0 Å². The highest BCUT2D eigenvalue weighted by molar-refractivity contribution is 7.80. The van der Waals surface area contributed by atoms with E-state index in [1.54, 1.807) is 0 Å². The maximum atomic E-state index is 13.0. The summed E-state index contributed by atoms with van der Waals surface area (Å²) in [7, 11) is 0. The minimum absolute atomic E-state index is 0.170. The fraction of sp³-hybridized carbons (Fsp3) is 0.867. The number of carbonyl (C=O) groups is 1. The molecule has 0 aromatic carbocycles. The zero-order chi connectivity index (χ0) is 14.3. The molecule has 0 radical (unpaired) electrons. The lowest BCUT2D eigenvalue weighted by Crippen LogP contribution is -2.63. The van der Waals surface area contributed by atoms with Crippen LogP contribution in [0.4, 0.5) is 0 Å². The van der Waals surface area contributed by atoms with Gasteiger partial charge in [0.1, 0.15) is 0 Å². The third kappa shape index (κ3) is 2.15. The van der Waals surface area contributed by atoms with Crippen LogP contribution in [0.5, 0.6) is 0 Å². The molecule has 0 aromatic rings. The van der Waals surface area contributed by atoms with E-state index in [4.69, 9.17) is 22.7 Å². The quantitative estimate of drug-likeness (QED) is 0.790. The van der Waals surface area contributed by atoms with Gasteiger partial charge in [0.15, 0.2) is 0 Å². The van der Waals surface area contributed by atoms with Crippen molar-refractivity contribution in [1.29, 1.82) is 0 Å². The molecule has 2 aliphatic carbocycles. The molecule has 1 heterocycles. The zero-order valence-corrected chi connectivity index (χ0v) is 13.0. The van der Waals surface area contributed by atoms with Crippen molar-refractivity contribution in [1.82, 2.24) is 4.90 Å². The van der Waals surface area contributed by atoms with Crippen molar-refractivity contribution in [2.45, 2.75) is 57.6 Å². The Labute approximate surface area is 126 Å². The molecule has 0 bridgehead atoms. The number of hydrogen-bond acceptors (Lipinski definition) is 3. The molecular weight excluding hydrogens is 272 g/mol. The van der Waals surface area contributed by atoms with E-state index in [0.717, 1.165) is 25.7 Å². The maximum absolute atomic E-state index is 13.0. The van der Waals surface area contributed by atoms with E-state index in [1.165, 1.54) is 12.8 Å². The normalized spacial score (nSPS) is 40.6. The number of carbonyl (C=O) groups excluding carboxylic acids is 1. The summed E-state index contributed by atoms with van der Waals surface area (Å²) in [6.07, 6.45) is 6.38. The van der Waals surface area contributed by atoms with E-state index < -0.39 is 5.41 Å². The molecule has 3 rings (SSSR count). The average Bonchev–Trinajstić information content (AvgIpc) is 2.42. The minimum atomic E-state index is -0.561. The zero-order valence-electron chi connectivity index (χ0n) is 12.1. The molecule has 2 N–H and O–H groups in total. The van der Waals surface area contributed by atoms with E-state index >= 15 is 0 Å². The molecule has 0 spiro atoms. The minimum Gasteiger partial charge on any atom is -0.392 e. The van der Waals surface area contributed by atoms with Crippen LogP contribution in [-0.4, -0.2) is 41.1 Å². The standard InChI is InChI=1S/C15H24N2O2S/c1-10-8-15(9-10,13(16)20)14(18)17-6-7-19-12-5-3-2-4-11(12)17/h10-12H,2-9H2,1H3,(H2,16,20). The van der Waals surface area contributed by atoms with Gasteiger partial charge in [-0.1, -0.05) is 32.0 Å². The molecule has 5 heteroatoms. The van der Waals surface area contributed by atoms with Crippen LogP contribution in [0.2, 0.25) is 0 Å². The predicted octanol–water partition coefficient (Wildman–Crippen LogP) is 1.86. The monoisotopic (exact) mass is 296 g/mol. The molecule has 0 aromatic heterocycles. The summed E-state index contributed by atoms with van der Waals surface area (Å²) in [4.78, 5) is 15.5. The van der Waals surface area contributed by atoms with E-state index in [9.17, 15) is 4.79 Å². The van der Waals surface area contributed by atoms with Crippen molar-refractivity contribution in [3.63, 3.8) is 0 Å². The number of hydrogen-bond donors (Lipinski definition) is 1. The third-order valence-corrected chi connectivity index (χ3v) is 5.66. The van der Waals surface area contributed by atoms with Crippen LogP contribution in [0.1, 0.15) is 45.4 Å². The number of nitrogens with zero attached hydrogens (tertiary/aromatic N) is 1. The number of amides is 1. The van der Waals surface area contributed by atoms with Crippen molar-refractivity contribution in [3.8, 4) is 0 Å². The number of ether oxygens (including phenoxy) is 1. The highest BCUT2D eigenvalue weighted by Crippen LogP contribution is 2.48. The first-order valence-corrected chi connectivity index (χ1v) is 8.18. The second-order valence-electron chi connectivity index (χ2n) is 6.72. The van der Waals surface area contributed by atoms with E-state index in [0.29, 0.717) is 24.1 Å². The summed E-state index contributed by atoms with van der Waals surface area (Å²) in [5, 5.41) is 0. The lowest BCUT2D eigenvalue weighted by Gasteiger charge is -2.51. The third-order valence-electron chi connectivity index (χ3n) is 5.27. The average molecular weight is 296 g/mol. The van der Waals surface area contributed by atoms with E-state index in [1.807, 2.05) is 4.90 Å².